The van der Waals surface area contributed by atoms with E-state index in [1.165, 1.54) is 17.3 Å². The Labute approximate surface area is 184 Å². The predicted molar refractivity (Wildman–Crippen MR) is 121 cm³/mol. The van der Waals surface area contributed by atoms with Crippen molar-refractivity contribution in [2.24, 2.45) is 0 Å². The molecule has 0 bridgehead atoms. The summed E-state index contributed by atoms with van der Waals surface area (Å²) in [4.78, 5) is 41.6. The first-order valence-corrected chi connectivity index (χ1v) is 11.4. The van der Waals surface area contributed by atoms with Crippen LogP contribution in [0.5, 0.6) is 0 Å². The van der Waals surface area contributed by atoms with E-state index in [-0.39, 0.29) is 17.4 Å². The Morgan fingerprint density at radius 3 is 2.58 bits per heavy atom. The van der Waals surface area contributed by atoms with Crippen LogP contribution >= 0.6 is 11.8 Å². The lowest BCUT2D eigenvalue weighted by Crippen LogP contribution is -2.41. The molecule has 1 aliphatic rings. The number of aryl methyl sites for hydroxylation is 1. The number of imide groups is 1. The molecule has 2 aromatic carbocycles. The molecule has 8 heteroatoms. The number of hydrogen-bond donors (Lipinski definition) is 2. The summed E-state index contributed by atoms with van der Waals surface area (Å²) in [6.45, 7) is 0.498. The van der Waals surface area contributed by atoms with Gasteiger partial charge in [-0.2, -0.15) is 0 Å². The van der Waals surface area contributed by atoms with Gasteiger partial charge in [-0.3, -0.25) is 19.5 Å². The fourth-order valence-electron chi connectivity index (χ4n) is 3.28. The number of carbonyl (C=O) groups excluding carboxylic acids is 2. The molecule has 1 heterocycles. The fraction of sp³-hybridized carbons (Fsp3) is 0.304. The van der Waals surface area contributed by atoms with Crippen LogP contribution in [-0.4, -0.2) is 33.3 Å². The number of nitrogens with zero attached hydrogens (tertiary/aromatic N) is 2. The fourth-order valence-corrected chi connectivity index (χ4v) is 4.11. The van der Waals surface area contributed by atoms with Gasteiger partial charge in [-0.25, -0.2) is 9.78 Å². The minimum Gasteiger partial charge on any atom is -0.335 e. The van der Waals surface area contributed by atoms with Crippen LogP contribution in [0.2, 0.25) is 0 Å². The monoisotopic (exact) mass is 436 g/mol. The summed E-state index contributed by atoms with van der Waals surface area (Å²) >= 11 is 1.17. The van der Waals surface area contributed by atoms with E-state index >= 15 is 0 Å². The summed E-state index contributed by atoms with van der Waals surface area (Å²) in [6, 6.07) is 17.0. The van der Waals surface area contributed by atoms with Crippen LogP contribution in [0.25, 0.3) is 10.9 Å². The Morgan fingerprint density at radius 1 is 1.06 bits per heavy atom. The van der Waals surface area contributed by atoms with Gasteiger partial charge in [0, 0.05) is 12.6 Å². The van der Waals surface area contributed by atoms with Crippen molar-refractivity contribution in [3.8, 4) is 0 Å². The number of benzene rings is 2. The number of hydrogen-bond acceptors (Lipinski definition) is 5. The van der Waals surface area contributed by atoms with Crippen LogP contribution in [0.3, 0.4) is 0 Å². The van der Waals surface area contributed by atoms with Crippen LogP contribution in [0.15, 0.2) is 64.5 Å². The number of para-hydroxylation sites is 1. The van der Waals surface area contributed by atoms with E-state index in [4.69, 9.17) is 0 Å². The molecule has 1 fully saturated rings. The summed E-state index contributed by atoms with van der Waals surface area (Å²) in [5.74, 6) is -0.414. The Kier molecular flexibility index (Phi) is 6.66. The summed E-state index contributed by atoms with van der Waals surface area (Å²) in [5.41, 5.74) is 1.69. The number of fused-ring (bicyclic) bond motifs is 1. The zero-order chi connectivity index (χ0) is 21.6. The number of amides is 3. The summed E-state index contributed by atoms with van der Waals surface area (Å²) in [5, 5.41) is 6.09. The molecule has 1 aromatic heterocycles. The molecule has 3 aromatic rings. The van der Waals surface area contributed by atoms with Gasteiger partial charge in [-0.05, 0) is 43.4 Å². The first kappa shape index (κ1) is 21.1. The average Bonchev–Trinajstić information content (AvgIpc) is 3.58. The van der Waals surface area contributed by atoms with E-state index in [0.29, 0.717) is 22.6 Å². The second-order valence-electron chi connectivity index (χ2n) is 7.54. The lowest BCUT2D eigenvalue weighted by Gasteiger charge is -2.13. The molecule has 3 amide bonds. The van der Waals surface area contributed by atoms with Gasteiger partial charge in [0.2, 0.25) is 5.91 Å². The van der Waals surface area contributed by atoms with Crippen molar-refractivity contribution in [2.45, 2.75) is 43.4 Å². The Hall–Kier alpha value is -3.13. The highest BCUT2D eigenvalue weighted by atomic mass is 32.2. The standard InChI is InChI=1S/C23H24N4O3S/c28-20(26-22(30)24-17-12-13-17)15-31-23-25-19-11-5-4-10-18(19)21(29)27(23)14-6-9-16-7-2-1-3-8-16/h1-5,7-8,10-11,17H,6,9,12-15H2,(H2,24,26,28,30). The Morgan fingerprint density at radius 2 is 1.81 bits per heavy atom. The molecule has 0 aliphatic heterocycles. The quantitative estimate of drug-likeness (QED) is 0.418. The molecule has 0 radical (unpaired) electrons. The van der Waals surface area contributed by atoms with Gasteiger partial charge in [0.05, 0.1) is 16.7 Å². The lowest BCUT2D eigenvalue weighted by atomic mass is 10.1. The Balaban J connectivity index is 1.47. The zero-order valence-corrected chi connectivity index (χ0v) is 17.9. The highest BCUT2D eigenvalue weighted by molar-refractivity contribution is 7.99. The largest absolute Gasteiger partial charge is 0.335 e. The molecule has 31 heavy (non-hydrogen) atoms. The molecule has 4 rings (SSSR count). The van der Waals surface area contributed by atoms with Crippen molar-refractivity contribution < 1.29 is 9.59 Å². The van der Waals surface area contributed by atoms with Crippen LogP contribution in [0.1, 0.15) is 24.8 Å². The maximum absolute atomic E-state index is 13.1. The highest BCUT2D eigenvalue weighted by Gasteiger charge is 2.24. The van der Waals surface area contributed by atoms with Gasteiger partial charge in [-0.15, -0.1) is 0 Å². The molecular weight excluding hydrogens is 412 g/mol. The van der Waals surface area contributed by atoms with Gasteiger partial charge in [-0.1, -0.05) is 54.2 Å². The molecule has 160 valence electrons. The van der Waals surface area contributed by atoms with Crippen molar-refractivity contribution >= 4 is 34.6 Å². The number of rotatable bonds is 8. The van der Waals surface area contributed by atoms with Crippen molar-refractivity contribution in [1.82, 2.24) is 20.2 Å². The van der Waals surface area contributed by atoms with Crippen molar-refractivity contribution in [3.05, 3.63) is 70.5 Å². The average molecular weight is 437 g/mol. The van der Waals surface area contributed by atoms with Crippen LogP contribution in [0, 0.1) is 0 Å². The van der Waals surface area contributed by atoms with E-state index in [1.54, 1.807) is 16.7 Å². The summed E-state index contributed by atoms with van der Waals surface area (Å²) < 4.78 is 1.63. The number of urea groups is 1. The number of aromatic nitrogens is 2. The molecule has 0 spiro atoms. The SMILES string of the molecule is O=C(CSc1nc2ccccc2c(=O)n1CCCc1ccccc1)NC(=O)NC1CC1. The zero-order valence-electron chi connectivity index (χ0n) is 17.0. The third kappa shape index (κ3) is 5.73. The van der Waals surface area contributed by atoms with Crippen LogP contribution < -0.4 is 16.2 Å². The van der Waals surface area contributed by atoms with E-state index < -0.39 is 11.9 Å². The molecule has 1 saturated carbocycles. The molecule has 7 nitrogen and oxygen atoms in total. The third-order valence-corrected chi connectivity index (χ3v) is 5.99. The van der Waals surface area contributed by atoms with Gasteiger partial charge in [0.1, 0.15) is 0 Å². The number of nitrogens with one attached hydrogen (secondary N) is 2. The second kappa shape index (κ2) is 9.78. The van der Waals surface area contributed by atoms with E-state index in [9.17, 15) is 14.4 Å². The Bertz CT molecular complexity index is 1140. The van der Waals surface area contributed by atoms with Crippen LogP contribution in [-0.2, 0) is 17.8 Å². The summed E-state index contributed by atoms with van der Waals surface area (Å²) in [7, 11) is 0. The first-order valence-electron chi connectivity index (χ1n) is 10.4. The molecule has 0 unspecified atom stereocenters. The minimum atomic E-state index is -0.472. The van der Waals surface area contributed by atoms with Crippen molar-refractivity contribution in [2.75, 3.05) is 5.75 Å². The molecule has 1 aliphatic carbocycles. The maximum Gasteiger partial charge on any atom is 0.321 e. The second-order valence-corrected chi connectivity index (χ2v) is 8.48. The summed E-state index contributed by atoms with van der Waals surface area (Å²) in [6.07, 6.45) is 3.51. The van der Waals surface area contributed by atoms with Gasteiger partial charge in [0.25, 0.3) is 5.56 Å². The van der Waals surface area contributed by atoms with Crippen molar-refractivity contribution in [3.63, 3.8) is 0 Å². The molecular formula is C23H24N4O3S. The van der Waals surface area contributed by atoms with E-state index in [2.05, 4.69) is 27.8 Å². The lowest BCUT2D eigenvalue weighted by molar-refractivity contribution is -0.117. The first-order chi connectivity index (χ1) is 15.1. The normalized spacial score (nSPS) is 13.2. The molecule has 0 saturated heterocycles. The highest BCUT2D eigenvalue weighted by Crippen LogP contribution is 2.19. The van der Waals surface area contributed by atoms with Gasteiger partial charge < -0.3 is 5.32 Å². The van der Waals surface area contributed by atoms with Gasteiger partial charge >= 0.3 is 6.03 Å². The molecule has 0 atom stereocenters. The topological polar surface area (TPSA) is 93.1 Å². The number of thioether (sulfide) groups is 1. The van der Waals surface area contributed by atoms with Crippen molar-refractivity contribution in [1.29, 1.82) is 0 Å². The third-order valence-electron chi connectivity index (χ3n) is 5.01. The smallest absolute Gasteiger partial charge is 0.321 e. The van der Waals surface area contributed by atoms with Gasteiger partial charge in [0.15, 0.2) is 5.16 Å². The predicted octanol–water partition coefficient (Wildman–Crippen LogP) is 3.11. The molecule has 2 N–H and O–H groups in total. The maximum atomic E-state index is 13.1. The van der Waals surface area contributed by atoms with Crippen LogP contribution in [0.4, 0.5) is 4.79 Å². The minimum absolute atomic E-state index is 0.00154. The van der Waals surface area contributed by atoms with E-state index in [1.807, 2.05) is 30.3 Å². The van der Waals surface area contributed by atoms with E-state index in [0.717, 1.165) is 25.7 Å². The number of carbonyl (C=O) groups is 2.